The number of halogens is 1. The van der Waals surface area contributed by atoms with Crippen LogP contribution in [0, 0.1) is 0 Å². The molecular formula is C27H18BrN3O2S. The number of pyridine rings is 3. The van der Waals surface area contributed by atoms with Gasteiger partial charge in [-0.05, 0) is 59.7 Å². The molecule has 0 aliphatic carbocycles. The van der Waals surface area contributed by atoms with E-state index < -0.39 is 0 Å². The molecule has 2 aromatic carbocycles. The SMILES string of the molecule is O=c1c(Cc2cccnc2)cn2c3c(cc(OCc4ccncc4)cc13)Sc1ccc(Br)cc1-2. The fourth-order valence-electron chi connectivity index (χ4n) is 4.19. The van der Waals surface area contributed by atoms with Gasteiger partial charge >= 0.3 is 0 Å². The molecule has 0 unspecified atom stereocenters. The summed E-state index contributed by atoms with van der Waals surface area (Å²) in [6.07, 6.45) is 9.53. The first-order valence-corrected chi connectivity index (χ1v) is 12.4. The largest absolute Gasteiger partial charge is 0.489 e. The Morgan fingerprint density at radius 1 is 0.941 bits per heavy atom. The van der Waals surface area contributed by atoms with E-state index in [9.17, 15) is 4.79 Å². The van der Waals surface area contributed by atoms with Crippen molar-refractivity contribution >= 4 is 38.6 Å². The summed E-state index contributed by atoms with van der Waals surface area (Å²) < 4.78 is 9.25. The van der Waals surface area contributed by atoms with Crippen LogP contribution in [-0.2, 0) is 13.0 Å². The van der Waals surface area contributed by atoms with Crippen LogP contribution in [0.4, 0.5) is 0 Å². The second-order valence-corrected chi connectivity index (χ2v) is 10.1. The van der Waals surface area contributed by atoms with Crippen LogP contribution in [0.2, 0.25) is 0 Å². The molecule has 0 saturated carbocycles. The lowest BCUT2D eigenvalue weighted by atomic mass is 10.0. The van der Waals surface area contributed by atoms with E-state index in [2.05, 4.69) is 42.6 Å². The molecule has 166 valence electrons. The molecule has 1 aliphatic heterocycles. The maximum absolute atomic E-state index is 13.7. The summed E-state index contributed by atoms with van der Waals surface area (Å²) in [5, 5.41) is 0.654. The molecule has 1 aliphatic rings. The number of aromatic nitrogens is 3. The van der Waals surface area contributed by atoms with Crippen molar-refractivity contribution in [3.63, 3.8) is 0 Å². The molecule has 4 heterocycles. The highest BCUT2D eigenvalue weighted by molar-refractivity contribution is 9.10. The first-order valence-electron chi connectivity index (χ1n) is 10.8. The van der Waals surface area contributed by atoms with Gasteiger partial charge in [0.2, 0.25) is 0 Å². The predicted molar refractivity (Wildman–Crippen MR) is 137 cm³/mol. The van der Waals surface area contributed by atoms with Crippen LogP contribution in [0.3, 0.4) is 0 Å². The van der Waals surface area contributed by atoms with Crippen LogP contribution in [0.15, 0.2) is 105 Å². The molecule has 0 fully saturated rings. The molecule has 34 heavy (non-hydrogen) atoms. The molecule has 5 nitrogen and oxygen atoms in total. The Bertz CT molecular complexity index is 1590. The fraction of sp³-hybridized carbons (Fsp3) is 0.0741. The zero-order valence-electron chi connectivity index (χ0n) is 17.9. The Kier molecular flexibility index (Phi) is 5.43. The molecule has 0 amide bonds. The molecule has 6 rings (SSSR count). The van der Waals surface area contributed by atoms with Gasteiger partial charge in [0.05, 0.1) is 16.6 Å². The van der Waals surface area contributed by atoms with Gasteiger partial charge in [-0.25, -0.2) is 0 Å². The van der Waals surface area contributed by atoms with Crippen molar-refractivity contribution in [2.75, 3.05) is 0 Å². The summed E-state index contributed by atoms with van der Waals surface area (Å²) in [7, 11) is 0. The van der Waals surface area contributed by atoms with Crippen molar-refractivity contribution < 1.29 is 4.74 Å². The second kappa shape index (κ2) is 8.74. The third-order valence-electron chi connectivity index (χ3n) is 5.78. The average Bonchev–Trinajstić information content (AvgIpc) is 2.87. The number of benzene rings is 2. The van der Waals surface area contributed by atoms with E-state index in [1.807, 2.05) is 48.7 Å². The van der Waals surface area contributed by atoms with Gasteiger partial charge in [0.1, 0.15) is 12.4 Å². The van der Waals surface area contributed by atoms with E-state index >= 15 is 0 Å². The maximum atomic E-state index is 13.7. The van der Waals surface area contributed by atoms with E-state index in [4.69, 9.17) is 4.74 Å². The monoisotopic (exact) mass is 527 g/mol. The summed E-state index contributed by atoms with van der Waals surface area (Å²) in [5.74, 6) is 0.676. The summed E-state index contributed by atoms with van der Waals surface area (Å²) >= 11 is 5.26. The van der Waals surface area contributed by atoms with Gasteiger partial charge in [0, 0.05) is 57.2 Å². The van der Waals surface area contributed by atoms with Gasteiger partial charge in [-0.15, -0.1) is 0 Å². The van der Waals surface area contributed by atoms with Crippen molar-refractivity contribution in [1.29, 1.82) is 0 Å². The van der Waals surface area contributed by atoms with Gasteiger partial charge in [-0.3, -0.25) is 14.8 Å². The number of fused-ring (bicyclic) bond motifs is 2. The van der Waals surface area contributed by atoms with Crippen molar-refractivity contribution in [3.8, 4) is 11.4 Å². The van der Waals surface area contributed by atoms with E-state index in [0.29, 0.717) is 24.2 Å². The minimum absolute atomic E-state index is 0.0183. The molecule has 3 aromatic heterocycles. The molecule has 0 atom stereocenters. The molecule has 5 aromatic rings. The van der Waals surface area contributed by atoms with Crippen molar-refractivity contribution in [2.45, 2.75) is 22.8 Å². The number of rotatable bonds is 5. The Morgan fingerprint density at radius 3 is 2.65 bits per heavy atom. The van der Waals surface area contributed by atoms with Crippen LogP contribution in [-0.4, -0.2) is 14.5 Å². The molecule has 0 N–H and O–H groups in total. The lowest BCUT2D eigenvalue weighted by Crippen LogP contribution is -2.17. The maximum Gasteiger partial charge on any atom is 0.193 e. The molecule has 0 spiro atoms. The topological polar surface area (TPSA) is 57.0 Å². The van der Waals surface area contributed by atoms with Crippen molar-refractivity contribution in [1.82, 2.24) is 14.5 Å². The smallest absolute Gasteiger partial charge is 0.193 e. The van der Waals surface area contributed by atoms with Crippen LogP contribution in [0.5, 0.6) is 5.75 Å². The Hall–Kier alpha value is -3.42. The van der Waals surface area contributed by atoms with Gasteiger partial charge in [0.15, 0.2) is 5.43 Å². The van der Waals surface area contributed by atoms with Crippen LogP contribution < -0.4 is 10.2 Å². The number of hydrogen-bond donors (Lipinski definition) is 0. The molecule has 7 heteroatoms. The van der Waals surface area contributed by atoms with Gasteiger partial charge in [-0.1, -0.05) is 33.8 Å². The van der Waals surface area contributed by atoms with Crippen LogP contribution in [0.1, 0.15) is 16.7 Å². The van der Waals surface area contributed by atoms with E-state index in [1.54, 1.807) is 36.5 Å². The van der Waals surface area contributed by atoms with Crippen LogP contribution in [0.25, 0.3) is 16.6 Å². The number of ether oxygens (including phenoxy) is 1. The summed E-state index contributed by atoms with van der Waals surface area (Å²) in [6, 6.07) is 17.9. The zero-order valence-corrected chi connectivity index (χ0v) is 20.3. The lowest BCUT2D eigenvalue weighted by Gasteiger charge is -2.24. The van der Waals surface area contributed by atoms with Crippen LogP contribution >= 0.6 is 27.7 Å². The zero-order chi connectivity index (χ0) is 23.1. The quantitative estimate of drug-likeness (QED) is 0.268. The fourth-order valence-corrected chi connectivity index (χ4v) is 5.65. The summed E-state index contributed by atoms with van der Waals surface area (Å²) in [5.41, 5.74) is 4.72. The molecule has 0 bridgehead atoms. The third kappa shape index (κ3) is 3.91. The highest BCUT2D eigenvalue weighted by atomic mass is 79.9. The minimum atomic E-state index is 0.0183. The highest BCUT2D eigenvalue weighted by Crippen LogP contribution is 2.44. The predicted octanol–water partition coefficient (Wildman–Crippen LogP) is 6.18. The number of hydrogen-bond acceptors (Lipinski definition) is 5. The van der Waals surface area contributed by atoms with Crippen molar-refractivity contribution in [3.05, 3.63) is 117 Å². The van der Waals surface area contributed by atoms with Gasteiger partial charge in [-0.2, -0.15) is 0 Å². The minimum Gasteiger partial charge on any atom is -0.489 e. The second-order valence-electron chi connectivity index (χ2n) is 8.07. The third-order valence-corrected chi connectivity index (χ3v) is 7.37. The van der Waals surface area contributed by atoms with E-state index in [-0.39, 0.29) is 5.43 Å². The standard InChI is InChI=1S/C27H18BrN3O2S/c28-20-3-4-24-23(11-20)31-15-19(10-18-2-1-7-30-14-18)27(32)22-12-21(13-25(34-24)26(22)31)33-16-17-5-8-29-9-6-17/h1-9,11-15H,10,16H2. The first-order chi connectivity index (χ1) is 16.7. The number of nitrogens with zero attached hydrogens (tertiary/aromatic N) is 3. The van der Waals surface area contributed by atoms with E-state index in [0.717, 1.165) is 42.2 Å². The molecule has 0 radical (unpaired) electrons. The van der Waals surface area contributed by atoms with Gasteiger partial charge in [0.25, 0.3) is 0 Å². The Morgan fingerprint density at radius 2 is 1.82 bits per heavy atom. The first kappa shape index (κ1) is 21.1. The Labute approximate surface area is 208 Å². The molecule has 0 saturated heterocycles. The Balaban J connectivity index is 1.52. The molecular weight excluding hydrogens is 510 g/mol. The highest BCUT2D eigenvalue weighted by Gasteiger charge is 2.23. The normalized spacial score (nSPS) is 11.9. The summed E-state index contributed by atoms with van der Waals surface area (Å²) in [4.78, 5) is 24.1. The average molecular weight is 528 g/mol. The van der Waals surface area contributed by atoms with Crippen molar-refractivity contribution in [2.24, 2.45) is 0 Å². The summed E-state index contributed by atoms with van der Waals surface area (Å²) in [6.45, 7) is 0.408. The van der Waals surface area contributed by atoms with E-state index in [1.165, 1.54) is 0 Å². The van der Waals surface area contributed by atoms with Gasteiger partial charge < -0.3 is 9.30 Å². The lowest BCUT2D eigenvalue weighted by molar-refractivity contribution is 0.306.